The molecule has 0 spiro atoms. The van der Waals surface area contributed by atoms with Crippen molar-refractivity contribution in [3.8, 4) is 23.3 Å². The van der Waals surface area contributed by atoms with Crippen molar-refractivity contribution in [3.63, 3.8) is 0 Å². The highest BCUT2D eigenvalue weighted by atomic mass is 32.1. The summed E-state index contributed by atoms with van der Waals surface area (Å²) in [6.07, 6.45) is 4.83. The Morgan fingerprint density at radius 2 is 1.86 bits per heavy atom. The van der Waals surface area contributed by atoms with E-state index >= 15 is 0 Å². The molecule has 0 amide bonds. The second-order valence-corrected chi connectivity index (χ2v) is 9.37. The fourth-order valence-electron chi connectivity index (χ4n) is 3.87. The zero-order valence-corrected chi connectivity index (χ0v) is 18.8. The summed E-state index contributed by atoms with van der Waals surface area (Å²) in [5.41, 5.74) is 2.94. The minimum Gasteiger partial charge on any atom is -0.493 e. The Hall–Kier alpha value is -2.52. The van der Waals surface area contributed by atoms with Gasteiger partial charge < -0.3 is 14.2 Å². The molecule has 0 aliphatic heterocycles. The number of thiophene rings is 1. The van der Waals surface area contributed by atoms with E-state index in [0.717, 1.165) is 29.8 Å². The minimum absolute atomic E-state index is 0.269. The number of nitrogens with zero attached hydrogens (tertiary/aromatic N) is 2. The molecular formula is C23H28N2O3S. The van der Waals surface area contributed by atoms with E-state index in [-0.39, 0.29) is 5.41 Å². The van der Waals surface area contributed by atoms with Crippen LogP contribution in [0.15, 0.2) is 17.1 Å². The topological polar surface area (TPSA) is 63.8 Å². The highest BCUT2D eigenvalue weighted by Gasteiger charge is 2.32. The molecule has 5 nitrogen and oxygen atoms in total. The molecule has 1 aliphatic carbocycles. The SMILES string of the molecule is COc1ccc(C=Nc2sc3c(c2C#N)CC[C@H](C(C)(C)C)C3)c(OC)c1OC. The van der Waals surface area contributed by atoms with Crippen molar-refractivity contribution in [1.82, 2.24) is 0 Å². The van der Waals surface area contributed by atoms with E-state index < -0.39 is 0 Å². The Bertz CT molecular complexity index is 964. The van der Waals surface area contributed by atoms with Crippen molar-refractivity contribution in [2.24, 2.45) is 16.3 Å². The first-order valence-electron chi connectivity index (χ1n) is 9.71. The molecule has 0 saturated carbocycles. The zero-order chi connectivity index (χ0) is 21.2. The molecule has 0 saturated heterocycles. The maximum Gasteiger partial charge on any atom is 0.203 e. The number of nitriles is 1. The van der Waals surface area contributed by atoms with Crippen LogP contribution in [0, 0.1) is 22.7 Å². The smallest absolute Gasteiger partial charge is 0.203 e. The second-order valence-electron chi connectivity index (χ2n) is 8.28. The molecule has 2 aromatic rings. The summed E-state index contributed by atoms with van der Waals surface area (Å²) < 4.78 is 16.3. The van der Waals surface area contributed by atoms with Gasteiger partial charge in [0.1, 0.15) is 11.1 Å². The highest BCUT2D eigenvalue weighted by molar-refractivity contribution is 7.16. The van der Waals surface area contributed by atoms with Crippen LogP contribution >= 0.6 is 11.3 Å². The molecule has 3 rings (SSSR count). The summed E-state index contributed by atoms with van der Waals surface area (Å²) in [4.78, 5) is 5.98. The third-order valence-electron chi connectivity index (χ3n) is 5.64. The van der Waals surface area contributed by atoms with Gasteiger partial charge >= 0.3 is 0 Å². The van der Waals surface area contributed by atoms with Crippen molar-refractivity contribution in [1.29, 1.82) is 5.26 Å². The van der Waals surface area contributed by atoms with Crippen molar-refractivity contribution >= 4 is 22.6 Å². The van der Waals surface area contributed by atoms with Crippen LogP contribution in [0.2, 0.25) is 0 Å². The standard InChI is InChI=1S/C23H28N2O3S/c1-23(2,3)15-8-9-16-17(12-24)22(29-19(16)11-15)25-13-14-7-10-18(26-4)21(28-6)20(14)27-5/h7,10,13,15H,8-9,11H2,1-6H3/t15-/m0/s1. The molecule has 1 heterocycles. The molecule has 1 aliphatic rings. The first kappa shape index (κ1) is 21.2. The van der Waals surface area contributed by atoms with E-state index in [9.17, 15) is 5.26 Å². The zero-order valence-electron chi connectivity index (χ0n) is 18.0. The molecule has 1 aromatic carbocycles. The molecule has 1 atom stereocenters. The van der Waals surface area contributed by atoms with Crippen LogP contribution in [0.3, 0.4) is 0 Å². The largest absolute Gasteiger partial charge is 0.493 e. The van der Waals surface area contributed by atoms with Crippen molar-refractivity contribution in [2.75, 3.05) is 21.3 Å². The van der Waals surface area contributed by atoms with E-state index in [2.05, 4.69) is 31.8 Å². The highest BCUT2D eigenvalue weighted by Crippen LogP contribution is 2.45. The van der Waals surface area contributed by atoms with Gasteiger partial charge in [0.25, 0.3) is 0 Å². The summed E-state index contributed by atoms with van der Waals surface area (Å²) >= 11 is 1.64. The summed E-state index contributed by atoms with van der Waals surface area (Å²) in [6, 6.07) is 6.08. The summed E-state index contributed by atoms with van der Waals surface area (Å²) in [7, 11) is 4.76. The van der Waals surface area contributed by atoms with Gasteiger partial charge in [-0.3, -0.25) is 0 Å². The number of hydrogen-bond acceptors (Lipinski definition) is 6. The number of benzene rings is 1. The molecule has 0 fully saturated rings. The van der Waals surface area contributed by atoms with Gasteiger partial charge in [0.2, 0.25) is 5.75 Å². The number of ether oxygens (including phenoxy) is 3. The predicted molar refractivity (Wildman–Crippen MR) is 117 cm³/mol. The van der Waals surface area contributed by atoms with Crippen molar-refractivity contribution < 1.29 is 14.2 Å². The molecule has 1 aromatic heterocycles. The van der Waals surface area contributed by atoms with E-state index in [0.29, 0.717) is 28.7 Å². The van der Waals surface area contributed by atoms with Crippen molar-refractivity contribution in [3.05, 3.63) is 33.7 Å². The summed E-state index contributed by atoms with van der Waals surface area (Å²) in [5.74, 6) is 2.31. The maximum atomic E-state index is 9.76. The van der Waals surface area contributed by atoms with Gasteiger partial charge in [0, 0.05) is 16.7 Å². The molecular weight excluding hydrogens is 384 g/mol. The fraction of sp³-hybridized carbons (Fsp3) is 0.478. The van der Waals surface area contributed by atoms with Crippen LogP contribution in [0.4, 0.5) is 5.00 Å². The first-order valence-corrected chi connectivity index (χ1v) is 10.5. The van der Waals surface area contributed by atoms with Crippen LogP contribution in [0.25, 0.3) is 0 Å². The van der Waals surface area contributed by atoms with Crippen molar-refractivity contribution in [2.45, 2.75) is 40.0 Å². The Kier molecular flexibility index (Phi) is 6.18. The van der Waals surface area contributed by atoms with Gasteiger partial charge in [-0.05, 0) is 48.3 Å². The Labute approximate surface area is 176 Å². The first-order chi connectivity index (χ1) is 13.8. The molecule has 29 heavy (non-hydrogen) atoms. The lowest BCUT2D eigenvalue weighted by molar-refractivity contribution is 0.218. The maximum absolute atomic E-state index is 9.76. The molecule has 0 radical (unpaired) electrons. The minimum atomic E-state index is 0.269. The average molecular weight is 413 g/mol. The molecule has 0 N–H and O–H groups in total. The lowest BCUT2D eigenvalue weighted by Crippen LogP contribution is -2.26. The van der Waals surface area contributed by atoms with Gasteiger partial charge in [0.05, 0.1) is 26.9 Å². The van der Waals surface area contributed by atoms with Gasteiger partial charge in [-0.15, -0.1) is 11.3 Å². The number of aliphatic imine (C=N–C) groups is 1. The van der Waals surface area contributed by atoms with E-state index in [1.165, 1.54) is 10.4 Å². The van der Waals surface area contributed by atoms with Crippen LogP contribution in [0.5, 0.6) is 17.2 Å². The van der Waals surface area contributed by atoms with Crippen LogP contribution in [0.1, 0.15) is 48.8 Å². The molecule has 0 unspecified atom stereocenters. The Balaban J connectivity index is 1.97. The second kappa shape index (κ2) is 8.46. The number of fused-ring (bicyclic) bond motifs is 1. The van der Waals surface area contributed by atoms with Gasteiger partial charge in [0.15, 0.2) is 11.5 Å². The normalized spacial score (nSPS) is 16.4. The fourth-order valence-corrected chi connectivity index (χ4v) is 5.09. The third kappa shape index (κ3) is 4.11. The molecule has 154 valence electrons. The van der Waals surface area contributed by atoms with Gasteiger partial charge in [-0.1, -0.05) is 20.8 Å². The van der Waals surface area contributed by atoms with Crippen LogP contribution in [-0.2, 0) is 12.8 Å². The van der Waals surface area contributed by atoms with Gasteiger partial charge in [-0.2, -0.15) is 5.26 Å². The quantitative estimate of drug-likeness (QED) is 0.604. The van der Waals surface area contributed by atoms with Crippen LogP contribution < -0.4 is 14.2 Å². The average Bonchev–Trinajstić information content (AvgIpc) is 3.07. The third-order valence-corrected chi connectivity index (χ3v) is 6.80. The summed E-state index contributed by atoms with van der Waals surface area (Å²) in [6.45, 7) is 6.89. The molecule has 6 heteroatoms. The lowest BCUT2D eigenvalue weighted by atomic mass is 9.72. The lowest BCUT2D eigenvalue weighted by Gasteiger charge is -2.33. The predicted octanol–water partition coefficient (Wildman–Crippen LogP) is 5.55. The Morgan fingerprint density at radius 1 is 1.14 bits per heavy atom. The summed E-state index contributed by atoms with van der Waals surface area (Å²) in [5, 5.41) is 10.5. The number of rotatable bonds is 5. The molecule has 0 bridgehead atoms. The Morgan fingerprint density at radius 3 is 2.45 bits per heavy atom. The van der Waals surface area contributed by atoms with E-state index in [1.807, 2.05) is 12.1 Å². The van der Waals surface area contributed by atoms with E-state index in [1.54, 1.807) is 38.9 Å². The van der Waals surface area contributed by atoms with Gasteiger partial charge in [-0.25, -0.2) is 4.99 Å². The van der Waals surface area contributed by atoms with E-state index in [4.69, 9.17) is 14.2 Å². The number of hydrogen-bond donors (Lipinski definition) is 0. The van der Waals surface area contributed by atoms with Crippen LogP contribution in [-0.4, -0.2) is 27.5 Å². The number of methoxy groups -OCH3 is 3. The monoisotopic (exact) mass is 412 g/mol.